The summed E-state index contributed by atoms with van der Waals surface area (Å²) in [6.07, 6.45) is 0. The van der Waals surface area contributed by atoms with Gasteiger partial charge in [-0.3, -0.25) is 14.6 Å². The first-order chi connectivity index (χ1) is 11.2. The maximum atomic E-state index is 12.0. The molecule has 0 aliphatic heterocycles. The first-order valence-corrected chi connectivity index (χ1v) is 7.42. The molecule has 8 nitrogen and oxygen atoms in total. The fraction of sp³-hybridized carbons (Fsp3) is 0.375. The topological polar surface area (TPSA) is 106 Å². The highest BCUT2D eigenvalue weighted by Crippen LogP contribution is 2.19. The molecule has 2 N–H and O–H groups in total. The third-order valence-electron chi connectivity index (χ3n) is 3.12. The highest BCUT2D eigenvalue weighted by molar-refractivity contribution is 5.94. The van der Waals surface area contributed by atoms with Gasteiger partial charge in [0.1, 0.15) is 6.54 Å². The third kappa shape index (κ3) is 4.31. The lowest BCUT2D eigenvalue weighted by Gasteiger charge is -2.20. The van der Waals surface area contributed by atoms with Crippen molar-refractivity contribution in [1.82, 2.24) is 20.4 Å². The van der Waals surface area contributed by atoms with E-state index in [0.29, 0.717) is 5.56 Å². The largest absolute Gasteiger partial charge is 0.442 e. The van der Waals surface area contributed by atoms with Crippen LogP contribution in [0.4, 0.5) is 4.79 Å². The zero-order valence-corrected chi connectivity index (χ0v) is 14.0. The minimum absolute atomic E-state index is 0.240. The highest BCUT2D eigenvalue weighted by atomic mass is 16.5. The molecule has 128 valence electrons. The number of urea groups is 1. The van der Waals surface area contributed by atoms with E-state index < -0.39 is 23.2 Å². The van der Waals surface area contributed by atoms with Gasteiger partial charge in [0, 0.05) is 11.1 Å². The summed E-state index contributed by atoms with van der Waals surface area (Å²) >= 11 is 0. The Bertz CT molecular complexity index is 814. The molecule has 0 spiro atoms. The number of nitrogens with one attached hydrogen (secondary N) is 2. The Morgan fingerprint density at radius 1 is 1.25 bits per heavy atom. The SMILES string of the molecule is Cc1ccccc1-c1noc(=O)n1CC(=O)NC(=O)NC(C)(C)C. The van der Waals surface area contributed by atoms with Crippen molar-refractivity contribution in [3.8, 4) is 11.4 Å². The molecule has 8 heteroatoms. The molecule has 2 rings (SSSR count). The number of nitrogens with zero attached hydrogens (tertiary/aromatic N) is 2. The molecule has 3 amide bonds. The number of rotatable bonds is 3. The number of benzene rings is 1. The van der Waals surface area contributed by atoms with Crippen LogP contribution in [0.25, 0.3) is 11.4 Å². The van der Waals surface area contributed by atoms with Crippen molar-refractivity contribution >= 4 is 11.9 Å². The van der Waals surface area contributed by atoms with E-state index in [0.717, 1.165) is 10.1 Å². The number of carbonyl (C=O) groups is 2. The van der Waals surface area contributed by atoms with Crippen molar-refractivity contribution in [3.05, 3.63) is 40.4 Å². The molecular weight excluding hydrogens is 312 g/mol. The van der Waals surface area contributed by atoms with Gasteiger partial charge in [-0.05, 0) is 33.3 Å². The molecule has 2 aromatic rings. The van der Waals surface area contributed by atoms with Gasteiger partial charge in [-0.1, -0.05) is 29.4 Å². The lowest BCUT2D eigenvalue weighted by Crippen LogP contribution is -2.49. The predicted molar refractivity (Wildman–Crippen MR) is 87.4 cm³/mol. The van der Waals surface area contributed by atoms with Crippen molar-refractivity contribution in [3.63, 3.8) is 0 Å². The second kappa shape index (κ2) is 6.69. The summed E-state index contributed by atoms with van der Waals surface area (Å²) in [7, 11) is 0. The quantitative estimate of drug-likeness (QED) is 0.884. The molecule has 1 aromatic carbocycles. The summed E-state index contributed by atoms with van der Waals surface area (Å²) in [6, 6.07) is 6.64. The van der Waals surface area contributed by atoms with E-state index in [4.69, 9.17) is 0 Å². The van der Waals surface area contributed by atoms with Crippen LogP contribution in [-0.2, 0) is 11.3 Å². The molecule has 0 fully saturated rings. The first kappa shape index (κ1) is 17.5. The minimum atomic E-state index is -0.764. The summed E-state index contributed by atoms with van der Waals surface area (Å²) < 4.78 is 5.75. The van der Waals surface area contributed by atoms with Crippen LogP contribution >= 0.6 is 0 Å². The van der Waals surface area contributed by atoms with E-state index in [1.807, 2.05) is 19.1 Å². The first-order valence-electron chi connectivity index (χ1n) is 7.42. The Balaban J connectivity index is 2.18. The van der Waals surface area contributed by atoms with E-state index in [-0.39, 0.29) is 12.4 Å². The fourth-order valence-corrected chi connectivity index (χ4v) is 2.11. The maximum Gasteiger partial charge on any atom is 0.442 e. The summed E-state index contributed by atoms with van der Waals surface area (Å²) in [5.41, 5.74) is 1.07. The number of amides is 3. The number of aryl methyl sites for hydroxylation is 1. The summed E-state index contributed by atoms with van der Waals surface area (Å²) in [6.45, 7) is 6.85. The molecular formula is C16H20N4O4. The zero-order chi connectivity index (χ0) is 17.9. The molecule has 0 bridgehead atoms. The van der Waals surface area contributed by atoms with E-state index >= 15 is 0 Å². The van der Waals surface area contributed by atoms with E-state index in [2.05, 4.69) is 20.3 Å². The van der Waals surface area contributed by atoms with Gasteiger partial charge in [-0.25, -0.2) is 14.2 Å². The summed E-state index contributed by atoms with van der Waals surface area (Å²) in [4.78, 5) is 35.6. The van der Waals surface area contributed by atoms with Gasteiger partial charge in [0.15, 0.2) is 5.82 Å². The lowest BCUT2D eigenvalue weighted by atomic mass is 10.1. The smallest absolute Gasteiger partial charge is 0.333 e. The van der Waals surface area contributed by atoms with Crippen LogP contribution in [0.5, 0.6) is 0 Å². The summed E-state index contributed by atoms with van der Waals surface area (Å²) in [5.74, 6) is -1.17. The van der Waals surface area contributed by atoms with Crippen LogP contribution in [0.1, 0.15) is 26.3 Å². The number of aromatic nitrogens is 2. The number of imide groups is 1. The van der Waals surface area contributed by atoms with Crippen molar-refractivity contribution in [2.24, 2.45) is 0 Å². The molecule has 0 saturated heterocycles. The van der Waals surface area contributed by atoms with Gasteiger partial charge in [0.05, 0.1) is 0 Å². The number of carbonyl (C=O) groups excluding carboxylic acids is 2. The molecule has 0 unspecified atom stereocenters. The van der Waals surface area contributed by atoms with E-state index in [1.165, 1.54) is 0 Å². The molecule has 0 saturated carbocycles. The number of hydrogen-bond acceptors (Lipinski definition) is 5. The molecule has 0 aliphatic carbocycles. The predicted octanol–water partition coefficient (Wildman–Crippen LogP) is 1.44. The molecule has 1 heterocycles. The zero-order valence-electron chi connectivity index (χ0n) is 14.0. The van der Waals surface area contributed by atoms with Gasteiger partial charge in [-0.2, -0.15) is 0 Å². The summed E-state index contributed by atoms with van der Waals surface area (Å²) in [5, 5.41) is 8.51. The molecule has 0 radical (unpaired) electrons. The van der Waals surface area contributed by atoms with Crippen molar-refractivity contribution in [1.29, 1.82) is 0 Å². The Kier molecular flexibility index (Phi) is 4.87. The molecule has 24 heavy (non-hydrogen) atoms. The van der Waals surface area contributed by atoms with Crippen LogP contribution in [0.15, 0.2) is 33.6 Å². The monoisotopic (exact) mass is 332 g/mol. The van der Waals surface area contributed by atoms with Gasteiger partial charge < -0.3 is 5.32 Å². The van der Waals surface area contributed by atoms with E-state index in [9.17, 15) is 14.4 Å². The molecule has 1 aromatic heterocycles. The Morgan fingerprint density at radius 2 is 1.92 bits per heavy atom. The third-order valence-corrected chi connectivity index (χ3v) is 3.12. The minimum Gasteiger partial charge on any atom is -0.333 e. The van der Waals surface area contributed by atoms with Gasteiger partial charge >= 0.3 is 11.8 Å². The lowest BCUT2D eigenvalue weighted by molar-refractivity contribution is -0.120. The Hall–Kier alpha value is -2.90. The average molecular weight is 332 g/mol. The van der Waals surface area contributed by atoms with Crippen LogP contribution in [-0.4, -0.2) is 27.2 Å². The van der Waals surface area contributed by atoms with Gasteiger partial charge in [0.25, 0.3) is 0 Å². The molecule has 0 aliphatic rings. The van der Waals surface area contributed by atoms with Crippen LogP contribution in [0.3, 0.4) is 0 Å². The average Bonchev–Trinajstić information content (AvgIpc) is 2.78. The second-order valence-corrected chi connectivity index (χ2v) is 6.43. The van der Waals surface area contributed by atoms with Gasteiger partial charge in [-0.15, -0.1) is 0 Å². The van der Waals surface area contributed by atoms with Crippen LogP contribution in [0.2, 0.25) is 0 Å². The second-order valence-electron chi connectivity index (χ2n) is 6.43. The highest BCUT2D eigenvalue weighted by Gasteiger charge is 2.20. The van der Waals surface area contributed by atoms with Crippen molar-refractivity contribution < 1.29 is 14.1 Å². The van der Waals surface area contributed by atoms with Crippen LogP contribution in [0, 0.1) is 6.92 Å². The van der Waals surface area contributed by atoms with Crippen molar-refractivity contribution in [2.75, 3.05) is 0 Å². The maximum absolute atomic E-state index is 12.0. The standard InChI is InChI=1S/C16H20N4O4/c1-10-7-5-6-8-11(10)13-19-24-15(23)20(13)9-12(21)17-14(22)18-16(2,3)4/h5-8H,9H2,1-4H3,(H2,17,18,21,22). The van der Waals surface area contributed by atoms with E-state index in [1.54, 1.807) is 32.9 Å². The van der Waals surface area contributed by atoms with Crippen LogP contribution < -0.4 is 16.4 Å². The van der Waals surface area contributed by atoms with Crippen molar-refractivity contribution in [2.45, 2.75) is 39.8 Å². The Labute approximate surface area is 138 Å². The fourth-order valence-electron chi connectivity index (χ4n) is 2.11. The van der Waals surface area contributed by atoms with Gasteiger partial charge in [0.2, 0.25) is 5.91 Å². The number of hydrogen-bond donors (Lipinski definition) is 2. The molecule has 0 atom stereocenters. The normalized spacial score (nSPS) is 11.2. The Morgan fingerprint density at radius 3 is 2.54 bits per heavy atom.